The standard InChI is InChI=1S/C15H16N3O/c1-10-13(15(16)19)14(18-8-4-5-9-18)11-6-2-3-7-12(11)17-10/h2,6-7H,4-5,8-9H2,1H3,(H2,16,19). The molecule has 1 aromatic carbocycles. The van der Waals surface area contributed by atoms with Crippen molar-refractivity contribution in [3.63, 3.8) is 0 Å². The summed E-state index contributed by atoms with van der Waals surface area (Å²) in [4.78, 5) is 18.5. The molecule has 0 bridgehead atoms. The number of aromatic nitrogens is 1. The fraction of sp³-hybridized carbons (Fsp3) is 0.333. The van der Waals surface area contributed by atoms with Gasteiger partial charge in [-0.15, -0.1) is 0 Å². The highest BCUT2D eigenvalue weighted by atomic mass is 16.1. The number of fused-ring (bicyclic) bond motifs is 1. The Morgan fingerprint density at radius 1 is 1.42 bits per heavy atom. The molecule has 4 nitrogen and oxygen atoms in total. The first-order valence-electron chi connectivity index (χ1n) is 6.53. The molecule has 1 aliphatic heterocycles. The molecule has 0 aliphatic carbocycles. The Morgan fingerprint density at radius 2 is 2.16 bits per heavy atom. The van der Waals surface area contributed by atoms with Gasteiger partial charge >= 0.3 is 0 Å². The minimum atomic E-state index is -0.401. The van der Waals surface area contributed by atoms with E-state index in [1.807, 2.05) is 25.1 Å². The van der Waals surface area contributed by atoms with Crippen LogP contribution < -0.4 is 10.6 Å². The highest BCUT2D eigenvalue weighted by Gasteiger charge is 2.23. The monoisotopic (exact) mass is 254 g/mol. The predicted molar refractivity (Wildman–Crippen MR) is 75.3 cm³/mol. The van der Waals surface area contributed by atoms with E-state index in [9.17, 15) is 4.79 Å². The number of rotatable bonds is 2. The molecule has 1 radical (unpaired) electrons. The van der Waals surface area contributed by atoms with Crippen molar-refractivity contribution in [3.8, 4) is 0 Å². The summed E-state index contributed by atoms with van der Waals surface area (Å²) in [6.45, 7) is 3.78. The van der Waals surface area contributed by atoms with Crippen LogP contribution in [-0.4, -0.2) is 24.0 Å². The number of carbonyl (C=O) groups is 1. The lowest BCUT2D eigenvalue weighted by Crippen LogP contribution is -2.25. The second-order valence-corrected chi connectivity index (χ2v) is 4.92. The van der Waals surface area contributed by atoms with Gasteiger partial charge in [-0.3, -0.25) is 9.78 Å². The number of carbonyl (C=O) groups excluding carboxylic acids is 1. The Bertz CT molecular complexity index is 645. The molecular formula is C15H16N3O. The van der Waals surface area contributed by atoms with Crippen LogP contribution in [0.1, 0.15) is 28.9 Å². The van der Waals surface area contributed by atoms with E-state index in [1.165, 1.54) is 0 Å². The van der Waals surface area contributed by atoms with E-state index in [0.717, 1.165) is 42.5 Å². The zero-order valence-electron chi connectivity index (χ0n) is 10.9. The predicted octanol–water partition coefficient (Wildman–Crippen LogP) is 2.04. The summed E-state index contributed by atoms with van der Waals surface area (Å²) in [5, 5.41) is 0.986. The first kappa shape index (κ1) is 12.0. The number of benzene rings is 1. The van der Waals surface area contributed by atoms with Crippen molar-refractivity contribution in [2.75, 3.05) is 18.0 Å². The molecule has 1 aromatic heterocycles. The van der Waals surface area contributed by atoms with Crippen molar-refractivity contribution >= 4 is 22.5 Å². The number of anilines is 1. The van der Waals surface area contributed by atoms with Gasteiger partial charge in [0.05, 0.1) is 22.5 Å². The van der Waals surface area contributed by atoms with Crippen molar-refractivity contribution < 1.29 is 4.79 Å². The highest BCUT2D eigenvalue weighted by molar-refractivity contribution is 6.07. The summed E-state index contributed by atoms with van der Waals surface area (Å²) in [7, 11) is 0. The van der Waals surface area contributed by atoms with Gasteiger partial charge in [0.25, 0.3) is 5.91 Å². The molecule has 19 heavy (non-hydrogen) atoms. The molecule has 4 heteroatoms. The Hall–Kier alpha value is -2.10. The third kappa shape index (κ3) is 1.93. The lowest BCUT2D eigenvalue weighted by atomic mass is 10.0. The first-order valence-corrected chi connectivity index (χ1v) is 6.53. The number of hydrogen-bond acceptors (Lipinski definition) is 3. The minimum absolute atomic E-state index is 0.401. The third-order valence-electron chi connectivity index (χ3n) is 3.65. The smallest absolute Gasteiger partial charge is 0.252 e. The first-order chi connectivity index (χ1) is 9.18. The zero-order chi connectivity index (χ0) is 13.4. The van der Waals surface area contributed by atoms with Gasteiger partial charge in [0, 0.05) is 18.5 Å². The van der Waals surface area contributed by atoms with Gasteiger partial charge in [-0.2, -0.15) is 0 Å². The molecule has 0 atom stereocenters. The van der Waals surface area contributed by atoms with Gasteiger partial charge in [0.15, 0.2) is 0 Å². The maximum absolute atomic E-state index is 11.8. The lowest BCUT2D eigenvalue weighted by molar-refractivity contribution is 0.1000. The van der Waals surface area contributed by atoms with E-state index in [1.54, 1.807) is 0 Å². The van der Waals surface area contributed by atoms with Crippen LogP contribution >= 0.6 is 0 Å². The molecule has 0 saturated carbocycles. The van der Waals surface area contributed by atoms with Gasteiger partial charge in [-0.25, -0.2) is 0 Å². The van der Waals surface area contributed by atoms with E-state index in [-0.39, 0.29) is 0 Å². The number of nitrogens with zero attached hydrogens (tertiary/aromatic N) is 2. The summed E-state index contributed by atoms with van der Waals surface area (Å²) >= 11 is 0. The molecule has 0 unspecified atom stereocenters. The average molecular weight is 254 g/mol. The Kier molecular flexibility index (Phi) is 2.85. The van der Waals surface area contributed by atoms with Gasteiger partial charge in [0.1, 0.15) is 0 Å². The van der Waals surface area contributed by atoms with Crippen LogP contribution in [0.25, 0.3) is 10.9 Å². The molecule has 1 saturated heterocycles. The average Bonchev–Trinajstić information content (AvgIpc) is 2.90. The Balaban J connectivity index is 2.34. The molecule has 0 spiro atoms. The van der Waals surface area contributed by atoms with Crippen LogP contribution in [0.2, 0.25) is 0 Å². The molecule has 1 fully saturated rings. The van der Waals surface area contributed by atoms with Crippen LogP contribution in [0.15, 0.2) is 18.2 Å². The molecule has 1 aliphatic rings. The summed E-state index contributed by atoms with van der Waals surface area (Å²) in [6, 6.07) is 8.70. The van der Waals surface area contributed by atoms with E-state index in [2.05, 4.69) is 16.0 Å². The van der Waals surface area contributed by atoms with Crippen LogP contribution in [0.4, 0.5) is 5.69 Å². The van der Waals surface area contributed by atoms with Crippen molar-refractivity contribution in [1.82, 2.24) is 4.98 Å². The quantitative estimate of drug-likeness (QED) is 0.892. The van der Waals surface area contributed by atoms with Crippen molar-refractivity contribution in [2.24, 2.45) is 5.73 Å². The van der Waals surface area contributed by atoms with E-state index >= 15 is 0 Å². The van der Waals surface area contributed by atoms with Crippen LogP contribution in [0.5, 0.6) is 0 Å². The van der Waals surface area contributed by atoms with Gasteiger partial charge < -0.3 is 10.6 Å². The molecule has 1 amide bonds. The normalized spacial score (nSPS) is 15.1. The SMILES string of the molecule is Cc1nc2c[c]ccc2c(N2CCCC2)c1C(N)=O. The molecule has 2 aromatic rings. The van der Waals surface area contributed by atoms with Gasteiger partial charge in [-0.05, 0) is 31.9 Å². The van der Waals surface area contributed by atoms with Crippen molar-refractivity contribution in [1.29, 1.82) is 0 Å². The number of nitrogens with two attached hydrogens (primary N) is 1. The summed E-state index contributed by atoms with van der Waals surface area (Å²) in [5.74, 6) is -0.401. The fourth-order valence-corrected chi connectivity index (χ4v) is 2.82. The molecule has 2 N–H and O–H groups in total. The van der Waals surface area contributed by atoms with Crippen molar-refractivity contribution in [3.05, 3.63) is 35.5 Å². The molecular weight excluding hydrogens is 238 g/mol. The topological polar surface area (TPSA) is 59.2 Å². The second kappa shape index (κ2) is 4.53. The number of hydrogen-bond donors (Lipinski definition) is 1. The third-order valence-corrected chi connectivity index (χ3v) is 3.65. The van der Waals surface area contributed by atoms with E-state index in [0.29, 0.717) is 11.3 Å². The highest BCUT2D eigenvalue weighted by Crippen LogP contribution is 2.33. The maximum atomic E-state index is 11.8. The Labute approximate surface area is 112 Å². The maximum Gasteiger partial charge on any atom is 0.252 e. The zero-order valence-corrected chi connectivity index (χ0v) is 10.9. The molecule has 97 valence electrons. The lowest BCUT2D eigenvalue weighted by Gasteiger charge is -2.23. The number of primary amides is 1. The number of pyridine rings is 1. The van der Waals surface area contributed by atoms with Crippen LogP contribution in [0.3, 0.4) is 0 Å². The summed E-state index contributed by atoms with van der Waals surface area (Å²) < 4.78 is 0. The van der Waals surface area contributed by atoms with E-state index < -0.39 is 5.91 Å². The van der Waals surface area contributed by atoms with Crippen molar-refractivity contribution in [2.45, 2.75) is 19.8 Å². The van der Waals surface area contributed by atoms with E-state index in [4.69, 9.17) is 5.73 Å². The van der Waals surface area contributed by atoms with Gasteiger partial charge in [-0.1, -0.05) is 12.1 Å². The van der Waals surface area contributed by atoms with Crippen LogP contribution in [0, 0.1) is 13.0 Å². The fourth-order valence-electron chi connectivity index (χ4n) is 2.82. The number of amides is 1. The van der Waals surface area contributed by atoms with Crippen LogP contribution in [-0.2, 0) is 0 Å². The van der Waals surface area contributed by atoms with Gasteiger partial charge in [0.2, 0.25) is 0 Å². The summed E-state index contributed by atoms with van der Waals surface area (Å²) in [5.41, 5.74) is 8.63. The largest absolute Gasteiger partial charge is 0.370 e. The summed E-state index contributed by atoms with van der Waals surface area (Å²) in [6.07, 6.45) is 2.31. The minimum Gasteiger partial charge on any atom is -0.370 e. The molecule has 3 rings (SSSR count). The molecule has 2 heterocycles. The number of aryl methyl sites for hydroxylation is 1. The second-order valence-electron chi connectivity index (χ2n) is 4.92. The Morgan fingerprint density at radius 3 is 2.84 bits per heavy atom.